The second kappa shape index (κ2) is 8.92. The van der Waals surface area contributed by atoms with Crippen LogP contribution in [0, 0.1) is 13.8 Å². The van der Waals surface area contributed by atoms with Gasteiger partial charge in [0.05, 0.1) is 12.2 Å². The predicted octanol–water partition coefficient (Wildman–Crippen LogP) is 3.47. The lowest BCUT2D eigenvalue weighted by Gasteiger charge is -2.22. The maximum atomic E-state index is 13.5. The standard InChI is InChI=1S/C19H21F3N2O4/c1-11-14(18(26)28-10-9-27-3)12(2)23-15(11)17(25)24-16(19(20,21)22)13-7-5-4-6-8-13/h4-8,16,23H,9-10H2,1-3H3,(H,24,25). The molecular weight excluding hydrogens is 377 g/mol. The van der Waals surface area contributed by atoms with E-state index in [0.29, 0.717) is 5.69 Å². The fourth-order valence-corrected chi connectivity index (χ4v) is 2.78. The number of hydrogen-bond donors (Lipinski definition) is 2. The van der Waals surface area contributed by atoms with Crippen LogP contribution in [-0.4, -0.2) is 43.4 Å². The molecule has 0 bridgehead atoms. The summed E-state index contributed by atoms with van der Waals surface area (Å²) in [5, 5.41) is 1.99. The Hall–Kier alpha value is -2.81. The molecule has 1 aromatic carbocycles. The molecule has 9 heteroatoms. The summed E-state index contributed by atoms with van der Waals surface area (Å²) in [6.07, 6.45) is -4.69. The molecule has 6 nitrogen and oxygen atoms in total. The molecule has 28 heavy (non-hydrogen) atoms. The number of ether oxygens (including phenoxy) is 2. The fraction of sp³-hybridized carbons (Fsp3) is 0.368. The van der Waals surface area contributed by atoms with E-state index in [4.69, 9.17) is 9.47 Å². The number of esters is 1. The first-order valence-electron chi connectivity index (χ1n) is 8.44. The van der Waals surface area contributed by atoms with Crippen molar-refractivity contribution in [2.45, 2.75) is 26.1 Å². The van der Waals surface area contributed by atoms with E-state index in [-0.39, 0.29) is 35.6 Å². The van der Waals surface area contributed by atoms with Gasteiger partial charge in [-0.25, -0.2) is 4.79 Å². The molecule has 0 saturated carbocycles. The van der Waals surface area contributed by atoms with Crippen molar-refractivity contribution in [3.63, 3.8) is 0 Å². The molecule has 0 radical (unpaired) electrons. The van der Waals surface area contributed by atoms with Gasteiger partial charge in [0.1, 0.15) is 12.3 Å². The first-order chi connectivity index (χ1) is 13.2. The molecular formula is C19H21F3N2O4. The number of rotatable bonds is 7. The summed E-state index contributed by atoms with van der Waals surface area (Å²) in [6, 6.07) is 4.88. The van der Waals surface area contributed by atoms with Gasteiger partial charge in [-0.15, -0.1) is 0 Å². The van der Waals surface area contributed by atoms with Crippen molar-refractivity contribution in [2.75, 3.05) is 20.3 Å². The first kappa shape index (κ1) is 21.5. The summed E-state index contributed by atoms with van der Waals surface area (Å²) in [4.78, 5) is 27.4. The topological polar surface area (TPSA) is 80.4 Å². The van der Waals surface area contributed by atoms with Crippen LogP contribution in [0.4, 0.5) is 13.2 Å². The number of H-pyrrole nitrogens is 1. The lowest BCUT2D eigenvalue weighted by molar-refractivity contribution is -0.155. The zero-order valence-electron chi connectivity index (χ0n) is 15.6. The largest absolute Gasteiger partial charge is 0.460 e. The van der Waals surface area contributed by atoms with Crippen LogP contribution in [0.15, 0.2) is 30.3 Å². The minimum Gasteiger partial charge on any atom is -0.460 e. The maximum Gasteiger partial charge on any atom is 0.412 e. The molecule has 1 atom stereocenters. The normalized spacial score (nSPS) is 12.5. The Balaban J connectivity index is 2.26. The number of methoxy groups -OCH3 is 1. The molecule has 1 unspecified atom stereocenters. The smallest absolute Gasteiger partial charge is 0.412 e. The third-order valence-corrected chi connectivity index (χ3v) is 4.12. The number of halogens is 3. The van der Waals surface area contributed by atoms with Gasteiger partial charge in [-0.05, 0) is 25.0 Å². The van der Waals surface area contributed by atoms with E-state index in [1.54, 1.807) is 6.07 Å². The number of amides is 1. The third-order valence-electron chi connectivity index (χ3n) is 4.12. The molecule has 0 aliphatic heterocycles. The minimum absolute atomic E-state index is 0.0189. The van der Waals surface area contributed by atoms with Crippen LogP contribution in [0.1, 0.15) is 43.7 Å². The summed E-state index contributed by atoms with van der Waals surface area (Å²) in [7, 11) is 1.45. The zero-order valence-corrected chi connectivity index (χ0v) is 15.6. The Morgan fingerprint density at radius 3 is 2.36 bits per heavy atom. The van der Waals surface area contributed by atoms with E-state index < -0.39 is 24.1 Å². The number of aromatic amines is 1. The number of carbonyl (C=O) groups is 2. The van der Waals surface area contributed by atoms with Gasteiger partial charge in [0.15, 0.2) is 6.04 Å². The molecule has 0 aliphatic carbocycles. The van der Waals surface area contributed by atoms with Gasteiger partial charge in [-0.2, -0.15) is 13.2 Å². The number of aryl methyl sites for hydroxylation is 1. The molecule has 1 aromatic heterocycles. The Morgan fingerprint density at radius 1 is 1.14 bits per heavy atom. The number of nitrogens with one attached hydrogen (secondary N) is 2. The SMILES string of the molecule is COCCOC(=O)c1c(C)[nH]c(C(=O)NC(c2ccccc2)C(F)(F)F)c1C. The highest BCUT2D eigenvalue weighted by Gasteiger charge is 2.42. The highest BCUT2D eigenvalue weighted by atomic mass is 19.4. The van der Waals surface area contributed by atoms with Gasteiger partial charge in [0.2, 0.25) is 0 Å². The van der Waals surface area contributed by atoms with Gasteiger partial charge in [0, 0.05) is 12.8 Å². The van der Waals surface area contributed by atoms with E-state index >= 15 is 0 Å². The van der Waals surface area contributed by atoms with Crippen molar-refractivity contribution in [2.24, 2.45) is 0 Å². The van der Waals surface area contributed by atoms with Gasteiger partial charge < -0.3 is 19.8 Å². The van der Waals surface area contributed by atoms with Crippen LogP contribution in [0.25, 0.3) is 0 Å². The van der Waals surface area contributed by atoms with Crippen LogP contribution in [-0.2, 0) is 9.47 Å². The van der Waals surface area contributed by atoms with Gasteiger partial charge in [0.25, 0.3) is 5.91 Å². The zero-order chi connectivity index (χ0) is 20.9. The summed E-state index contributed by atoms with van der Waals surface area (Å²) in [6.45, 7) is 3.22. The lowest BCUT2D eigenvalue weighted by atomic mass is 10.1. The average molecular weight is 398 g/mol. The molecule has 0 aliphatic rings. The van der Waals surface area contributed by atoms with Gasteiger partial charge in [-0.1, -0.05) is 30.3 Å². The van der Waals surface area contributed by atoms with Crippen molar-refractivity contribution in [1.29, 1.82) is 0 Å². The summed E-state index contributed by atoms with van der Waals surface area (Å²) >= 11 is 0. The van der Waals surface area contributed by atoms with Crippen molar-refractivity contribution in [3.8, 4) is 0 Å². The number of aromatic nitrogens is 1. The molecule has 0 saturated heterocycles. The molecule has 0 spiro atoms. The van der Waals surface area contributed by atoms with Gasteiger partial charge >= 0.3 is 12.1 Å². The number of carbonyl (C=O) groups excluding carboxylic acids is 2. The summed E-state index contributed by atoms with van der Waals surface area (Å²) in [5.41, 5.74) is 0.439. The summed E-state index contributed by atoms with van der Waals surface area (Å²) < 4.78 is 50.2. The monoisotopic (exact) mass is 398 g/mol. The van der Waals surface area contributed by atoms with Crippen LogP contribution in [0.3, 0.4) is 0 Å². The highest BCUT2D eigenvalue weighted by Crippen LogP contribution is 2.33. The van der Waals surface area contributed by atoms with Crippen LogP contribution < -0.4 is 5.32 Å². The van der Waals surface area contributed by atoms with Crippen molar-refractivity contribution >= 4 is 11.9 Å². The van der Waals surface area contributed by atoms with E-state index in [1.807, 2.05) is 5.32 Å². The second-order valence-corrected chi connectivity index (χ2v) is 6.11. The maximum absolute atomic E-state index is 13.5. The molecule has 1 heterocycles. The van der Waals surface area contributed by atoms with Crippen molar-refractivity contribution < 1.29 is 32.2 Å². The second-order valence-electron chi connectivity index (χ2n) is 6.11. The van der Waals surface area contributed by atoms with Crippen molar-refractivity contribution in [3.05, 3.63) is 58.4 Å². The van der Waals surface area contributed by atoms with Crippen molar-refractivity contribution in [1.82, 2.24) is 10.3 Å². The predicted molar refractivity (Wildman–Crippen MR) is 95.1 cm³/mol. The highest BCUT2D eigenvalue weighted by molar-refractivity contribution is 6.00. The van der Waals surface area contributed by atoms with Gasteiger partial charge in [-0.3, -0.25) is 4.79 Å². The molecule has 2 aromatic rings. The van der Waals surface area contributed by atoms with E-state index in [1.165, 1.54) is 45.2 Å². The van der Waals surface area contributed by atoms with E-state index in [0.717, 1.165) is 0 Å². The van der Waals surface area contributed by atoms with Crippen LogP contribution in [0.2, 0.25) is 0 Å². The number of alkyl halides is 3. The third kappa shape index (κ3) is 4.92. The average Bonchev–Trinajstić information content (AvgIpc) is 2.94. The molecule has 1 amide bonds. The van der Waals surface area contributed by atoms with Crippen LogP contribution in [0.5, 0.6) is 0 Å². The summed E-state index contributed by atoms with van der Waals surface area (Å²) in [5.74, 6) is -1.65. The molecule has 0 fully saturated rings. The molecule has 2 N–H and O–H groups in total. The quantitative estimate of drug-likeness (QED) is 0.553. The van der Waals surface area contributed by atoms with Crippen LogP contribution >= 0.6 is 0 Å². The Morgan fingerprint density at radius 2 is 1.79 bits per heavy atom. The minimum atomic E-state index is -4.69. The van der Waals surface area contributed by atoms with E-state index in [2.05, 4.69) is 4.98 Å². The van der Waals surface area contributed by atoms with E-state index in [9.17, 15) is 22.8 Å². The lowest BCUT2D eigenvalue weighted by Crippen LogP contribution is -2.38. The first-order valence-corrected chi connectivity index (χ1v) is 8.44. The molecule has 2 rings (SSSR count). The Bertz CT molecular complexity index is 832. The number of benzene rings is 1. The number of hydrogen-bond acceptors (Lipinski definition) is 4. The molecule has 152 valence electrons. The Labute approximate surface area is 160 Å². The fourth-order valence-electron chi connectivity index (χ4n) is 2.78. The Kier molecular flexibility index (Phi) is 6.85.